The highest BCUT2D eigenvalue weighted by atomic mass is 33.1. The number of benzene rings is 1. The highest BCUT2D eigenvalue weighted by Gasteiger charge is 1.78. The normalized spacial score (nSPS) is 8.10. The van der Waals surface area contributed by atoms with E-state index in [9.17, 15) is 0 Å². The van der Waals surface area contributed by atoms with Gasteiger partial charge in [0.25, 0.3) is 0 Å². The van der Waals surface area contributed by atoms with Gasteiger partial charge in [0.1, 0.15) is 0 Å². The van der Waals surface area contributed by atoms with Crippen molar-refractivity contribution in [2.75, 3.05) is 0 Å². The van der Waals surface area contributed by atoms with Crippen molar-refractivity contribution in [3.8, 4) is 11.2 Å². The summed E-state index contributed by atoms with van der Waals surface area (Å²) in [6.07, 6.45) is 0. The standard InChI is InChI=1S/C8H6S2/c9-10-7-6-8-4-2-1-3-5-8/h1-5,9H. The van der Waals surface area contributed by atoms with E-state index in [-0.39, 0.29) is 0 Å². The van der Waals surface area contributed by atoms with Crippen molar-refractivity contribution < 1.29 is 0 Å². The third kappa shape index (κ3) is 2.38. The Hall–Kier alpha value is -0.520. The van der Waals surface area contributed by atoms with E-state index in [4.69, 9.17) is 0 Å². The predicted molar refractivity (Wildman–Crippen MR) is 49.9 cm³/mol. The molecule has 0 unspecified atom stereocenters. The van der Waals surface area contributed by atoms with Crippen molar-refractivity contribution in [1.82, 2.24) is 0 Å². The molecule has 0 aliphatic rings. The SMILES string of the molecule is SSC#Cc1ccccc1. The van der Waals surface area contributed by atoms with Crippen molar-refractivity contribution >= 4 is 22.5 Å². The Bertz CT molecular complexity index is 243. The first-order chi connectivity index (χ1) is 4.93. The smallest absolute Gasteiger partial charge is 0.0254 e. The van der Waals surface area contributed by atoms with Crippen molar-refractivity contribution in [2.45, 2.75) is 0 Å². The molecule has 50 valence electrons. The first kappa shape index (κ1) is 7.59. The highest BCUT2D eigenvalue weighted by Crippen LogP contribution is 2.02. The molecular formula is C8H6S2. The van der Waals surface area contributed by atoms with Crippen LogP contribution < -0.4 is 0 Å². The van der Waals surface area contributed by atoms with E-state index in [0.717, 1.165) is 5.56 Å². The number of hydrogen-bond acceptors (Lipinski definition) is 2. The average Bonchev–Trinajstić information content (AvgIpc) is 2.03. The Kier molecular flexibility index (Phi) is 3.28. The second-order valence-corrected chi connectivity index (χ2v) is 2.62. The van der Waals surface area contributed by atoms with Crippen LogP contribution in [0.2, 0.25) is 0 Å². The summed E-state index contributed by atoms with van der Waals surface area (Å²) in [5.41, 5.74) is 1.03. The lowest BCUT2D eigenvalue weighted by atomic mass is 10.2. The monoisotopic (exact) mass is 166 g/mol. The van der Waals surface area contributed by atoms with E-state index in [1.807, 2.05) is 30.3 Å². The fourth-order valence-corrected chi connectivity index (χ4v) is 0.904. The van der Waals surface area contributed by atoms with Crippen LogP contribution in [0.5, 0.6) is 0 Å². The third-order valence-electron chi connectivity index (χ3n) is 1.01. The largest absolute Gasteiger partial charge is 0.0976 e. The van der Waals surface area contributed by atoms with E-state index in [2.05, 4.69) is 22.8 Å². The third-order valence-corrected chi connectivity index (χ3v) is 1.48. The molecule has 1 aromatic rings. The summed E-state index contributed by atoms with van der Waals surface area (Å²) in [5.74, 6) is 2.93. The van der Waals surface area contributed by atoms with Crippen LogP contribution in [0, 0.1) is 11.2 Å². The zero-order valence-electron chi connectivity index (χ0n) is 5.24. The summed E-state index contributed by atoms with van der Waals surface area (Å²) in [5, 5.41) is 2.80. The molecule has 10 heavy (non-hydrogen) atoms. The minimum Gasteiger partial charge on any atom is -0.0976 e. The van der Waals surface area contributed by atoms with Crippen LogP contribution in [0.15, 0.2) is 30.3 Å². The fourth-order valence-electron chi connectivity index (χ4n) is 0.603. The number of hydrogen-bond donors (Lipinski definition) is 1. The molecule has 1 aromatic carbocycles. The fraction of sp³-hybridized carbons (Fsp3) is 0. The molecule has 0 N–H and O–H groups in total. The van der Waals surface area contributed by atoms with E-state index in [0.29, 0.717) is 0 Å². The van der Waals surface area contributed by atoms with Gasteiger partial charge in [0.2, 0.25) is 0 Å². The molecule has 0 fully saturated rings. The lowest BCUT2D eigenvalue weighted by molar-refractivity contribution is 1.65. The molecule has 0 heterocycles. The summed E-state index contributed by atoms with van der Waals surface area (Å²) < 4.78 is 0. The highest BCUT2D eigenvalue weighted by molar-refractivity contribution is 8.70. The number of thiol groups is 1. The average molecular weight is 166 g/mol. The molecule has 0 aliphatic heterocycles. The van der Waals surface area contributed by atoms with Crippen LogP contribution in [-0.2, 0) is 0 Å². The minimum atomic E-state index is 1.03. The molecule has 0 atom stereocenters. The molecule has 1 rings (SSSR count). The van der Waals surface area contributed by atoms with E-state index >= 15 is 0 Å². The van der Waals surface area contributed by atoms with Crippen LogP contribution in [-0.4, -0.2) is 0 Å². The Morgan fingerprint density at radius 1 is 1.20 bits per heavy atom. The van der Waals surface area contributed by atoms with Crippen LogP contribution in [0.1, 0.15) is 5.56 Å². The van der Waals surface area contributed by atoms with E-state index in [1.165, 1.54) is 10.8 Å². The lowest BCUT2D eigenvalue weighted by Crippen LogP contribution is -1.67. The van der Waals surface area contributed by atoms with Crippen molar-refractivity contribution in [3.05, 3.63) is 35.9 Å². The quantitative estimate of drug-likeness (QED) is 0.351. The maximum Gasteiger partial charge on any atom is 0.0254 e. The topological polar surface area (TPSA) is 0 Å². The Balaban J connectivity index is 2.76. The zero-order chi connectivity index (χ0) is 7.23. The van der Waals surface area contributed by atoms with Gasteiger partial charge in [-0.25, -0.2) is 0 Å². The van der Waals surface area contributed by atoms with Crippen molar-refractivity contribution in [1.29, 1.82) is 0 Å². The Morgan fingerprint density at radius 2 is 1.90 bits per heavy atom. The van der Waals surface area contributed by atoms with Gasteiger partial charge in [0, 0.05) is 5.56 Å². The zero-order valence-corrected chi connectivity index (χ0v) is 6.95. The summed E-state index contributed by atoms with van der Waals surface area (Å²) in [7, 11) is 1.23. The van der Waals surface area contributed by atoms with Gasteiger partial charge >= 0.3 is 0 Å². The van der Waals surface area contributed by atoms with Gasteiger partial charge in [-0.05, 0) is 28.2 Å². The van der Waals surface area contributed by atoms with Gasteiger partial charge in [-0.3, -0.25) is 0 Å². The van der Waals surface area contributed by atoms with Crippen LogP contribution >= 0.6 is 22.5 Å². The molecule has 0 bridgehead atoms. The van der Waals surface area contributed by atoms with Gasteiger partial charge in [0.15, 0.2) is 0 Å². The van der Waals surface area contributed by atoms with Gasteiger partial charge in [-0.2, -0.15) is 0 Å². The molecule has 0 saturated heterocycles. The summed E-state index contributed by atoms with van der Waals surface area (Å²) in [4.78, 5) is 0. The first-order valence-corrected chi connectivity index (χ1v) is 4.67. The van der Waals surface area contributed by atoms with E-state index < -0.39 is 0 Å². The minimum absolute atomic E-state index is 1.03. The second kappa shape index (κ2) is 4.32. The van der Waals surface area contributed by atoms with Crippen molar-refractivity contribution in [3.63, 3.8) is 0 Å². The van der Waals surface area contributed by atoms with Crippen LogP contribution in [0.25, 0.3) is 0 Å². The van der Waals surface area contributed by atoms with Crippen LogP contribution in [0.3, 0.4) is 0 Å². The maximum atomic E-state index is 3.89. The van der Waals surface area contributed by atoms with Crippen molar-refractivity contribution in [2.24, 2.45) is 0 Å². The number of rotatable bonds is 0. The van der Waals surface area contributed by atoms with Gasteiger partial charge in [0.05, 0.1) is 0 Å². The molecule has 0 saturated carbocycles. The summed E-state index contributed by atoms with van der Waals surface area (Å²) in [6.45, 7) is 0. The molecule has 0 nitrogen and oxygen atoms in total. The summed E-state index contributed by atoms with van der Waals surface area (Å²) in [6, 6.07) is 9.84. The lowest BCUT2D eigenvalue weighted by Gasteiger charge is -1.83. The molecule has 0 radical (unpaired) electrons. The van der Waals surface area contributed by atoms with E-state index in [1.54, 1.807) is 0 Å². The molecule has 0 aliphatic carbocycles. The molecule has 0 amide bonds. The van der Waals surface area contributed by atoms with Gasteiger partial charge in [-0.15, -0.1) is 0 Å². The Labute approximate surface area is 69.8 Å². The molecule has 0 aromatic heterocycles. The first-order valence-electron chi connectivity index (χ1n) is 2.80. The summed E-state index contributed by atoms with van der Waals surface area (Å²) >= 11 is 3.89. The van der Waals surface area contributed by atoms with Gasteiger partial charge < -0.3 is 0 Å². The molecule has 2 heteroatoms. The predicted octanol–water partition coefficient (Wildman–Crippen LogP) is 2.57. The molecular weight excluding hydrogens is 160 g/mol. The van der Waals surface area contributed by atoms with Crippen LogP contribution in [0.4, 0.5) is 0 Å². The van der Waals surface area contributed by atoms with Gasteiger partial charge in [-0.1, -0.05) is 35.8 Å². The maximum absolute atomic E-state index is 3.89. The molecule has 0 spiro atoms. The Morgan fingerprint density at radius 3 is 2.50 bits per heavy atom. The second-order valence-electron chi connectivity index (χ2n) is 1.68.